The summed E-state index contributed by atoms with van der Waals surface area (Å²) >= 11 is 1.53. The van der Waals surface area contributed by atoms with Crippen LogP contribution in [0.25, 0.3) is 0 Å². The lowest BCUT2D eigenvalue weighted by Crippen LogP contribution is -2.46. The van der Waals surface area contributed by atoms with Crippen LogP contribution in [0.4, 0.5) is 4.79 Å². The lowest BCUT2D eigenvalue weighted by molar-refractivity contribution is -0.124. The summed E-state index contributed by atoms with van der Waals surface area (Å²) in [4.78, 5) is 38.2. The summed E-state index contributed by atoms with van der Waals surface area (Å²) in [5.74, 6) is -0.532. The van der Waals surface area contributed by atoms with Gasteiger partial charge in [-0.25, -0.2) is 4.79 Å². The number of thiophene rings is 1. The van der Waals surface area contributed by atoms with Crippen LogP contribution < -0.4 is 16.0 Å². The molecule has 0 fully saturated rings. The van der Waals surface area contributed by atoms with Crippen LogP contribution in [0.3, 0.4) is 0 Å². The number of hydrogen-bond donors (Lipinski definition) is 3. The highest BCUT2D eigenvalue weighted by atomic mass is 32.1. The quantitative estimate of drug-likeness (QED) is 0.591. The first-order chi connectivity index (χ1) is 11.5. The van der Waals surface area contributed by atoms with Gasteiger partial charge in [0.05, 0.1) is 19.6 Å². The molecule has 0 bridgehead atoms. The fraction of sp³-hybridized carbons (Fsp3) is 0.562. The normalized spacial score (nSPS) is 10.5. The third-order valence-electron chi connectivity index (χ3n) is 3.10. The molecule has 0 saturated heterocycles. The Kier molecular flexibility index (Phi) is 9.71. The van der Waals surface area contributed by atoms with Crippen molar-refractivity contribution in [2.45, 2.75) is 33.2 Å². The molecule has 0 atom stereocenters. The predicted octanol–water partition coefficient (Wildman–Crippen LogP) is 1.31. The van der Waals surface area contributed by atoms with Gasteiger partial charge in [0, 0.05) is 11.4 Å². The lowest BCUT2D eigenvalue weighted by atomic mass is 10.3. The van der Waals surface area contributed by atoms with Crippen LogP contribution in [0, 0.1) is 0 Å². The summed E-state index contributed by atoms with van der Waals surface area (Å²) in [6.45, 7) is 5.74. The molecule has 0 radical (unpaired) electrons. The van der Waals surface area contributed by atoms with Gasteiger partial charge in [0.25, 0.3) is 0 Å². The number of hydrogen-bond acceptors (Lipinski definition) is 5. The van der Waals surface area contributed by atoms with Crippen LogP contribution in [0.1, 0.15) is 31.6 Å². The van der Waals surface area contributed by atoms with E-state index in [0.717, 1.165) is 17.7 Å². The smallest absolute Gasteiger partial charge is 0.321 e. The Hall–Kier alpha value is -1.93. The second-order valence-electron chi connectivity index (χ2n) is 5.37. The maximum atomic E-state index is 12.0. The minimum atomic E-state index is -0.528. The van der Waals surface area contributed by atoms with Gasteiger partial charge < -0.3 is 10.6 Å². The minimum absolute atomic E-state index is 0.0137. The Morgan fingerprint density at radius 3 is 2.46 bits per heavy atom. The topological polar surface area (TPSA) is 90.5 Å². The van der Waals surface area contributed by atoms with E-state index < -0.39 is 11.9 Å². The molecule has 24 heavy (non-hydrogen) atoms. The van der Waals surface area contributed by atoms with Gasteiger partial charge in [-0.2, -0.15) is 0 Å². The van der Waals surface area contributed by atoms with Gasteiger partial charge in [-0.1, -0.05) is 19.9 Å². The number of nitrogens with zero attached hydrogens (tertiary/aromatic N) is 1. The Bertz CT molecular complexity index is 519. The molecule has 0 aliphatic heterocycles. The van der Waals surface area contributed by atoms with E-state index in [1.807, 2.05) is 31.4 Å². The number of carbonyl (C=O) groups is 3. The van der Waals surface area contributed by atoms with Crippen molar-refractivity contribution in [1.29, 1.82) is 0 Å². The molecule has 3 N–H and O–H groups in total. The summed E-state index contributed by atoms with van der Waals surface area (Å²) in [7, 11) is 0. The van der Waals surface area contributed by atoms with Gasteiger partial charge in [0.1, 0.15) is 0 Å². The largest absolute Gasteiger partial charge is 0.355 e. The van der Waals surface area contributed by atoms with Crippen LogP contribution in [-0.2, 0) is 16.1 Å². The maximum absolute atomic E-state index is 12.0. The van der Waals surface area contributed by atoms with Crippen molar-refractivity contribution in [2.75, 3.05) is 26.2 Å². The van der Waals surface area contributed by atoms with Crippen molar-refractivity contribution in [3.8, 4) is 0 Å². The van der Waals surface area contributed by atoms with E-state index in [4.69, 9.17) is 0 Å². The van der Waals surface area contributed by atoms with Crippen LogP contribution >= 0.6 is 11.3 Å². The van der Waals surface area contributed by atoms with Gasteiger partial charge in [0.15, 0.2) is 0 Å². The SMILES string of the molecule is CCCNC(=O)CN(CCC)CC(=O)NC(=O)NCc1cccs1. The standard InChI is InChI=1S/C16H26N4O3S/c1-3-7-17-14(21)11-20(8-4-2)12-15(22)19-16(23)18-10-13-6-5-9-24-13/h5-6,9H,3-4,7-8,10-12H2,1-2H3,(H,17,21)(H2,18,19,22,23). The minimum Gasteiger partial charge on any atom is -0.355 e. The number of carbonyl (C=O) groups excluding carboxylic acids is 3. The van der Waals surface area contributed by atoms with Gasteiger partial charge in [-0.3, -0.25) is 19.8 Å². The van der Waals surface area contributed by atoms with Crippen LogP contribution in [-0.4, -0.2) is 48.9 Å². The number of amides is 4. The van der Waals surface area contributed by atoms with Crippen molar-refractivity contribution in [3.63, 3.8) is 0 Å². The van der Waals surface area contributed by atoms with E-state index in [0.29, 0.717) is 19.6 Å². The summed E-state index contributed by atoms with van der Waals surface area (Å²) in [6, 6.07) is 3.28. The highest BCUT2D eigenvalue weighted by Gasteiger charge is 2.15. The maximum Gasteiger partial charge on any atom is 0.321 e. The fourth-order valence-corrected chi connectivity index (χ4v) is 2.69. The molecule has 1 aromatic heterocycles. The molecule has 1 rings (SSSR count). The van der Waals surface area contributed by atoms with Crippen LogP contribution in [0.2, 0.25) is 0 Å². The molecule has 1 heterocycles. The molecule has 0 saturated carbocycles. The van der Waals surface area contributed by atoms with Gasteiger partial charge >= 0.3 is 6.03 Å². The highest BCUT2D eigenvalue weighted by Crippen LogP contribution is 2.06. The molecule has 8 heteroatoms. The Labute approximate surface area is 146 Å². The Morgan fingerprint density at radius 2 is 1.83 bits per heavy atom. The zero-order chi connectivity index (χ0) is 17.8. The molecular formula is C16H26N4O3S. The summed E-state index contributed by atoms with van der Waals surface area (Å²) in [5, 5.41) is 9.63. The van der Waals surface area contributed by atoms with E-state index in [1.165, 1.54) is 11.3 Å². The molecule has 4 amide bonds. The Balaban J connectivity index is 2.34. The highest BCUT2D eigenvalue weighted by molar-refractivity contribution is 7.09. The van der Waals surface area contributed by atoms with Crippen molar-refractivity contribution in [2.24, 2.45) is 0 Å². The second kappa shape index (κ2) is 11.6. The van der Waals surface area contributed by atoms with Crippen molar-refractivity contribution in [3.05, 3.63) is 22.4 Å². The average molecular weight is 354 g/mol. The third-order valence-corrected chi connectivity index (χ3v) is 3.98. The molecule has 0 aliphatic carbocycles. The number of nitrogens with one attached hydrogen (secondary N) is 3. The zero-order valence-electron chi connectivity index (χ0n) is 14.3. The first-order valence-corrected chi connectivity index (χ1v) is 9.02. The zero-order valence-corrected chi connectivity index (χ0v) is 15.1. The second-order valence-corrected chi connectivity index (χ2v) is 6.40. The van der Waals surface area contributed by atoms with Crippen LogP contribution in [0.15, 0.2) is 17.5 Å². The molecule has 0 spiro atoms. The first kappa shape index (κ1) is 20.1. The molecule has 0 unspecified atom stereocenters. The van der Waals surface area contributed by atoms with Crippen molar-refractivity contribution in [1.82, 2.24) is 20.9 Å². The van der Waals surface area contributed by atoms with Gasteiger partial charge in [0.2, 0.25) is 11.8 Å². The molecule has 1 aromatic rings. The molecule has 134 valence electrons. The number of imide groups is 1. The molecule has 0 aliphatic rings. The first-order valence-electron chi connectivity index (χ1n) is 8.14. The van der Waals surface area contributed by atoms with Gasteiger partial charge in [-0.05, 0) is 30.8 Å². The van der Waals surface area contributed by atoms with Crippen molar-refractivity contribution >= 4 is 29.2 Å². The van der Waals surface area contributed by atoms with E-state index in [9.17, 15) is 14.4 Å². The average Bonchev–Trinajstić information content (AvgIpc) is 3.04. The van der Waals surface area contributed by atoms with E-state index in [1.54, 1.807) is 4.90 Å². The fourth-order valence-electron chi connectivity index (χ4n) is 2.05. The summed E-state index contributed by atoms with van der Waals surface area (Å²) < 4.78 is 0. The monoisotopic (exact) mass is 354 g/mol. The summed E-state index contributed by atoms with van der Waals surface area (Å²) in [6.07, 6.45) is 1.68. The molecule has 7 nitrogen and oxygen atoms in total. The van der Waals surface area contributed by atoms with Gasteiger partial charge in [-0.15, -0.1) is 11.3 Å². The van der Waals surface area contributed by atoms with E-state index >= 15 is 0 Å². The number of urea groups is 1. The predicted molar refractivity (Wildman–Crippen MR) is 94.7 cm³/mol. The van der Waals surface area contributed by atoms with Crippen LogP contribution in [0.5, 0.6) is 0 Å². The number of rotatable bonds is 10. The summed E-state index contributed by atoms with van der Waals surface area (Å²) in [5.41, 5.74) is 0. The lowest BCUT2D eigenvalue weighted by Gasteiger charge is -2.20. The van der Waals surface area contributed by atoms with Crippen molar-refractivity contribution < 1.29 is 14.4 Å². The molecular weight excluding hydrogens is 328 g/mol. The third kappa shape index (κ3) is 8.64. The van der Waals surface area contributed by atoms with E-state index in [2.05, 4.69) is 16.0 Å². The van der Waals surface area contributed by atoms with E-state index in [-0.39, 0.29) is 19.0 Å². The molecule has 0 aromatic carbocycles. The Morgan fingerprint density at radius 1 is 1.08 bits per heavy atom.